The molecule has 0 aliphatic carbocycles. The van der Waals surface area contributed by atoms with E-state index in [1.807, 2.05) is 12.1 Å². The first-order chi connectivity index (χ1) is 14.1. The smallest absolute Gasteiger partial charge is 0.191 e. The summed E-state index contributed by atoms with van der Waals surface area (Å²) in [5.41, 5.74) is 3.89. The number of benzene rings is 2. The molecule has 0 saturated carbocycles. The Balaban J connectivity index is 0.00000320. The van der Waals surface area contributed by atoms with E-state index in [2.05, 4.69) is 68.9 Å². The van der Waals surface area contributed by atoms with Crippen LogP contribution in [0.15, 0.2) is 53.5 Å². The van der Waals surface area contributed by atoms with Crippen LogP contribution >= 0.6 is 35.6 Å². The molecule has 0 bridgehead atoms. The van der Waals surface area contributed by atoms with Gasteiger partial charge >= 0.3 is 0 Å². The first-order valence-electron chi connectivity index (χ1n) is 10.3. The van der Waals surface area contributed by atoms with Crippen molar-refractivity contribution in [2.75, 3.05) is 46.8 Å². The van der Waals surface area contributed by atoms with Crippen LogP contribution in [0.3, 0.4) is 0 Å². The lowest BCUT2D eigenvalue weighted by Crippen LogP contribution is -2.43. The number of likely N-dealkylation sites (N-methyl/N-ethyl adjacent to an activating group) is 1. The van der Waals surface area contributed by atoms with Gasteiger partial charge in [0.05, 0.1) is 0 Å². The Bertz CT molecular complexity index is 771. The molecule has 7 heteroatoms. The summed E-state index contributed by atoms with van der Waals surface area (Å²) in [7, 11) is 4.00. The average molecular weight is 542 g/mol. The number of nitrogens with zero attached hydrogens (tertiary/aromatic N) is 3. The summed E-state index contributed by atoms with van der Waals surface area (Å²) in [6, 6.07) is 16.9. The summed E-state index contributed by atoms with van der Waals surface area (Å²) in [5, 5.41) is 7.53. The summed E-state index contributed by atoms with van der Waals surface area (Å²) in [6.07, 6.45) is 0.929. The zero-order chi connectivity index (χ0) is 20.5. The minimum Gasteiger partial charge on any atom is -0.356 e. The number of hydrogen-bond acceptors (Lipinski definition) is 3. The second-order valence-corrected chi connectivity index (χ2v) is 8.06. The number of nitrogens with one attached hydrogen (secondary N) is 2. The lowest BCUT2D eigenvalue weighted by atomic mass is 10.1. The SMILES string of the molecule is CN=C(NCCc1ccc(Cl)cc1)NCc1ccc(CN2CCN(C)CC2)cc1.I. The molecule has 5 nitrogen and oxygen atoms in total. The zero-order valence-electron chi connectivity index (χ0n) is 17.9. The Hall–Kier alpha value is -1.35. The van der Waals surface area contributed by atoms with Crippen LogP contribution in [0.4, 0.5) is 0 Å². The van der Waals surface area contributed by atoms with Crippen molar-refractivity contribution < 1.29 is 0 Å². The molecule has 1 fully saturated rings. The van der Waals surface area contributed by atoms with E-state index in [0.717, 1.165) is 63.2 Å². The van der Waals surface area contributed by atoms with E-state index in [-0.39, 0.29) is 24.0 Å². The monoisotopic (exact) mass is 541 g/mol. The largest absolute Gasteiger partial charge is 0.356 e. The van der Waals surface area contributed by atoms with Crippen molar-refractivity contribution in [3.63, 3.8) is 0 Å². The van der Waals surface area contributed by atoms with Crippen LogP contribution in [0.5, 0.6) is 0 Å². The van der Waals surface area contributed by atoms with Gasteiger partial charge in [-0.1, -0.05) is 48.0 Å². The molecule has 0 aromatic heterocycles. The van der Waals surface area contributed by atoms with Gasteiger partial charge < -0.3 is 15.5 Å². The first-order valence-corrected chi connectivity index (χ1v) is 10.7. The summed E-state index contributed by atoms with van der Waals surface area (Å²) >= 11 is 5.93. The fraction of sp³-hybridized carbons (Fsp3) is 0.435. The van der Waals surface area contributed by atoms with E-state index in [0.29, 0.717) is 0 Å². The molecule has 0 unspecified atom stereocenters. The highest BCUT2D eigenvalue weighted by Crippen LogP contribution is 2.10. The number of halogens is 2. The normalized spacial score (nSPS) is 15.5. The maximum absolute atomic E-state index is 5.93. The van der Waals surface area contributed by atoms with Crippen molar-refractivity contribution in [3.05, 3.63) is 70.2 Å². The molecule has 0 amide bonds. The van der Waals surface area contributed by atoms with Crippen molar-refractivity contribution in [2.24, 2.45) is 4.99 Å². The van der Waals surface area contributed by atoms with Gasteiger partial charge in [0.15, 0.2) is 5.96 Å². The number of hydrogen-bond donors (Lipinski definition) is 2. The maximum Gasteiger partial charge on any atom is 0.191 e. The summed E-state index contributed by atoms with van der Waals surface area (Å²) in [5.74, 6) is 0.820. The molecular formula is C23H33ClIN5. The molecular weight excluding hydrogens is 509 g/mol. The third-order valence-electron chi connectivity index (χ3n) is 5.33. The quantitative estimate of drug-likeness (QED) is 0.319. The number of guanidine groups is 1. The van der Waals surface area contributed by atoms with E-state index >= 15 is 0 Å². The van der Waals surface area contributed by atoms with Gasteiger partial charge in [-0.2, -0.15) is 0 Å². The molecule has 1 saturated heterocycles. The molecule has 1 aliphatic heterocycles. The van der Waals surface area contributed by atoms with E-state index in [1.54, 1.807) is 7.05 Å². The van der Waals surface area contributed by atoms with E-state index in [1.165, 1.54) is 16.7 Å². The third kappa shape index (κ3) is 8.41. The minimum atomic E-state index is 0. The molecule has 0 radical (unpaired) electrons. The van der Waals surface area contributed by atoms with Gasteiger partial charge in [0, 0.05) is 57.9 Å². The Kier molecular flexibility index (Phi) is 10.9. The minimum absolute atomic E-state index is 0. The second kappa shape index (κ2) is 13.1. The van der Waals surface area contributed by atoms with Gasteiger partial charge in [-0.3, -0.25) is 9.89 Å². The summed E-state index contributed by atoms with van der Waals surface area (Å²) in [4.78, 5) is 9.23. The lowest BCUT2D eigenvalue weighted by molar-refractivity contribution is 0.148. The van der Waals surface area contributed by atoms with Gasteiger partial charge in [-0.05, 0) is 42.3 Å². The Morgan fingerprint density at radius 3 is 2.13 bits per heavy atom. The molecule has 3 rings (SSSR count). The molecule has 1 heterocycles. The molecule has 164 valence electrons. The standard InChI is InChI=1S/C23H32ClN5.HI/c1-25-23(26-12-11-19-7-9-22(24)10-8-19)27-17-20-3-5-21(6-4-20)18-29-15-13-28(2)14-16-29;/h3-10H,11-18H2,1-2H3,(H2,25,26,27);1H. The van der Waals surface area contributed by atoms with Gasteiger partial charge in [0.25, 0.3) is 0 Å². The molecule has 2 aromatic rings. The molecule has 0 atom stereocenters. The van der Waals surface area contributed by atoms with Crippen molar-refractivity contribution in [1.82, 2.24) is 20.4 Å². The number of rotatable bonds is 7. The second-order valence-electron chi connectivity index (χ2n) is 7.62. The molecule has 2 aromatic carbocycles. The Labute approximate surface area is 202 Å². The van der Waals surface area contributed by atoms with Crippen molar-refractivity contribution in [1.29, 1.82) is 0 Å². The van der Waals surface area contributed by atoms with Gasteiger partial charge in [-0.25, -0.2) is 0 Å². The highest BCUT2D eigenvalue weighted by molar-refractivity contribution is 14.0. The lowest BCUT2D eigenvalue weighted by Gasteiger charge is -2.32. The Morgan fingerprint density at radius 2 is 1.50 bits per heavy atom. The maximum atomic E-state index is 5.93. The van der Waals surface area contributed by atoms with E-state index in [9.17, 15) is 0 Å². The predicted octanol–water partition coefficient (Wildman–Crippen LogP) is 3.61. The van der Waals surface area contributed by atoms with E-state index < -0.39 is 0 Å². The first kappa shape index (κ1) is 24.9. The topological polar surface area (TPSA) is 42.9 Å². The molecule has 1 aliphatic rings. The Morgan fingerprint density at radius 1 is 0.900 bits per heavy atom. The number of piperazine rings is 1. The third-order valence-corrected chi connectivity index (χ3v) is 5.58. The highest BCUT2D eigenvalue weighted by Gasteiger charge is 2.13. The zero-order valence-corrected chi connectivity index (χ0v) is 21.0. The van der Waals surface area contributed by atoms with Crippen molar-refractivity contribution in [3.8, 4) is 0 Å². The van der Waals surface area contributed by atoms with Crippen LogP contribution in [0.25, 0.3) is 0 Å². The van der Waals surface area contributed by atoms with Crippen molar-refractivity contribution in [2.45, 2.75) is 19.5 Å². The fourth-order valence-electron chi connectivity index (χ4n) is 3.41. The highest BCUT2D eigenvalue weighted by atomic mass is 127. The van der Waals surface area contributed by atoms with E-state index in [4.69, 9.17) is 11.6 Å². The van der Waals surface area contributed by atoms with Crippen LogP contribution < -0.4 is 10.6 Å². The molecule has 30 heavy (non-hydrogen) atoms. The average Bonchev–Trinajstić information content (AvgIpc) is 2.74. The van der Waals surface area contributed by atoms with Gasteiger partial charge in [-0.15, -0.1) is 24.0 Å². The molecule has 0 spiro atoms. The summed E-state index contributed by atoms with van der Waals surface area (Å²) in [6.45, 7) is 7.24. The molecule has 2 N–H and O–H groups in total. The van der Waals surface area contributed by atoms with Crippen LogP contribution in [-0.4, -0.2) is 62.6 Å². The fourth-order valence-corrected chi connectivity index (χ4v) is 3.54. The number of aliphatic imine (C=N–C) groups is 1. The van der Waals surface area contributed by atoms with Crippen molar-refractivity contribution >= 4 is 41.5 Å². The van der Waals surface area contributed by atoms with Gasteiger partial charge in [0.2, 0.25) is 0 Å². The van der Waals surface area contributed by atoms with Gasteiger partial charge in [0.1, 0.15) is 0 Å². The van der Waals surface area contributed by atoms with Crippen LogP contribution in [0.2, 0.25) is 5.02 Å². The van der Waals surface area contributed by atoms with Crippen LogP contribution in [0.1, 0.15) is 16.7 Å². The van der Waals surface area contributed by atoms with Crippen LogP contribution in [-0.2, 0) is 19.5 Å². The summed E-state index contributed by atoms with van der Waals surface area (Å²) < 4.78 is 0. The predicted molar refractivity (Wildman–Crippen MR) is 138 cm³/mol. The van der Waals surface area contributed by atoms with Crippen LogP contribution in [0, 0.1) is 0 Å².